The zero-order valence-electron chi connectivity index (χ0n) is 16.7. The van der Waals surface area contributed by atoms with Gasteiger partial charge < -0.3 is 18.9 Å². The molecular formula is C20H26BrN3O4. The molecule has 0 atom stereocenters. The molecule has 1 saturated heterocycles. The van der Waals surface area contributed by atoms with Crippen LogP contribution in [-0.4, -0.2) is 59.9 Å². The summed E-state index contributed by atoms with van der Waals surface area (Å²) in [6.45, 7) is 9.07. The fourth-order valence-corrected chi connectivity index (χ4v) is 3.39. The molecule has 152 valence electrons. The lowest BCUT2D eigenvalue weighted by molar-refractivity contribution is 0.0133. The first-order chi connectivity index (χ1) is 13.2. The van der Waals surface area contributed by atoms with E-state index in [4.69, 9.17) is 14.0 Å². The number of nitrogens with zero attached hydrogens (tertiary/aromatic N) is 3. The maximum absolute atomic E-state index is 12.2. The minimum absolute atomic E-state index is 0.254. The van der Waals surface area contributed by atoms with Gasteiger partial charge in [-0.15, -0.1) is 0 Å². The highest BCUT2D eigenvalue weighted by Gasteiger charge is 2.26. The molecule has 0 saturated carbocycles. The summed E-state index contributed by atoms with van der Waals surface area (Å²) in [6, 6.07) is 7.71. The van der Waals surface area contributed by atoms with Crippen molar-refractivity contribution in [3.05, 3.63) is 34.5 Å². The first-order valence-corrected chi connectivity index (χ1v) is 10.0. The highest BCUT2D eigenvalue weighted by molar-refractivity contribution is 9.10. The molecule has 7 nitrogen and oxygen atoms in total. The molecule has 1 amide bonds. The molecule has 3 rings (SSSR count). The molecule has 2 heterocycles. The molecule has 0 N–H and O–H groups in total. The third-order valence-electron chi connectivity index (χ3n) is 4.40. The van der Waals surface area contributed by atoms with E-state index in [1.165, 1.54) is 0 Å². The Morgan fingerprint density at radius 2 is 1.93 bits per heavy atom. The predicted molar refractivity (Wildman–Crippen MR) is 109 cm³/mol. The smallest absolute Gasteiger partial charge is 0.410 e. The van der Waals surface area contributed by atoms with E-state index in [0.29, 0.717) is 19.6 Å². The highest BCUT2D eigenvalue weighted by atomic mass is 79.9. The first kappa shape index (κ1) is 20.7. The van der Waals surface area contributed by atoms with Crippen LogP contribution in [0.3, 0.4) is 0 Å². The quantitative estimate of drug-likeness (QED) is 0.694. The van der Waals surface area contributed by atoms with E-state index in [1.54, 1.807) is 12.0 Å². The van der Waals surface area contributed by atoms with Gasteiger partial charge in [0, 0.05) is 42.3 Å². The molecule has 1 aromatic carbocycles. The van der Waals surface area contributed by atoms with E-state index in [2.05, 4.69) is 26.0 Å². The number of aromatic nitrogens is 1. The van der Waals surface area contributed by atoms with E-state index >= 15 is 0 Å². The van der Waals surface area contributed by atoms with Crippen LogP contribution in [0.5, 0.6) is 5.75 Å². The van der Waals surface area contributed by atoms with Gasteiger partial charge in [-0.2, -0.15) is 0 Å². The van der Waals surface area contributed by atoms with E-state index in [-0.39, 0.29) is 6.09 Å². The molecule has 0 bridgehead atoms. The second kappa shape index (κ2) is 8.53. The van der Waals surface area contributed by atoms with Gasteiger partial charge in [0.05, 0.1) is 13.7 Å². The number of carbonyl (C=O) groups excluding carboxylic acids is 1. The first-order valence-electron chi connectivity index (χ1n) is 9.25. The number of carbonyl (C=O) groups is 1. The molecule has 2 aromatic rings. The van der Waals surface area contributed by atoms with E-state index in [0.717, 1.165) is 40.3 Å². The SMILES string of the molecule is COc1ccc(Br)cc1-c1cc(CN2CCN(C(=O)OC(C)(C)C)CC2)on1. The summed E-state index contributed by atoms with van der Waals surface area (Å²) >= 11 is 3.48. The Kier molecular flexibility index (Phi) is 6.30. The monoisotopic (exact) mass is 451 g/mol. The maximum atomic E-state index is 12.2. The van der Waals surface area contributed by atoms with Crippen molar-refractivity contribution in [3.8, 4) is 17.0 Å². The van der Waals surface area contributed by atoms with Crippen molar-refractivity contribution in [1.82, 2.24) is 15.0 Å². The standard InChI is InChI=1S/C20H26BrN3O4/c1-20(2,3)27-19(25)24-9-7-23(8-10-24)13-15-12-17(22-28-15)16-11-14(21)5-6-18(16)26-4/h5-6,11-12H,7-10,13H2,1-4H3. The van der Waals surface area contributed by atoms with Crippen molar-refractivity contribution in [2.75, 3.05) is 33.3 Å². The zero-order chi connectivity index (χ0) is 20.3. The molecule has 1 aliphatic heterocycles. The molecule has 0 spiro atoms. The molecule has 0 aliphatic carbocycles. The molecule has 8 heteroatoms. The van der Waals surface area contributed by atoms with Crippen LogP contribution >= 0.6 is 15.9 Å². The summed E-state index contributed by atoms with van der Waals surface area (Å²) in [5.41, 5.74) is 1.14. The van der Waals surface area contributed by atoms with Crippen LogP contribution in [0, 0.1) is 0 Å². The minimum atomic E-state index is -0.474. The third kappa shape index (κ3) is 5.26. The van der Waals surface area contributed by atoms with Crippen LogP contribution in [0.25, 0.3) is 11.3 Å². The number of ether oxygens (including phenoxy) is 2. The number of hydrogen-bond donors (Lipinski definition) is 0. The van der Waals surface area contributed by atoms with Crippen LogP contribution in [0.1, 0.15) is 26.5 Å². The fraction of sp³-hybridized carbons (Fsp3) is 0.500. The summed E-state index contributed by atoms with van der Waals surface area (Å²) < 4.78 is 17.3. The Morgan fingerprint density at radius 1 is 1.21 bits per heavy atom. The van der Waals surface area contributed by atoms with Crippen molar-refractivity contribution in [1.29, 1.82) is 0 Å². The van der Waals surface area contributed by atoms with E-state index < -0.39 is 5.60 Å². The second-order valence-corrected chi connectivity index (χ2v) is 8.68. The highest BCUT2D eigenvalue weighted by Crippen LogP contribution is 2.32. The van der Waals surface area contributed by atoms with Gasteiger partial charge >= 0.3 is 6.09 Å². The number of piperazine rings is 1. The topological polar surface area (TPSA) is 68.0 Å². The summed E-state index contributed by atoms with van der Waals surface area (Å²) in [5, 5.41) is 4.20. The number of rotatable bonds is 4. The number of hydrogen-bond acceptors (Lipinski definition) is 6. The van der Waals surface area contributed by atoms with Gasteiger partial charge in [0.25, 0.3) is 0 Å². The third-order valence-corrected chi connectivity index (χ3v) is 4.89. The van der Waals surface area contributed by atoms with Crippen LogP contribution in [0.2, 0.25) is 0 Å². The number of benzene rings is 1. The van der Waals surface area contributed by atoms with Gasteiger partial charge in [0.15, 0.2) is 5.76 Å². The lowest BCUT2D eigenvalue weighted by Gasteiger charge is -2.35. The summed E-state index contributed by atoms with van der Waals surface area (Å²) in [7, 11) is 1.64. The van der Waals surface area contributed by atoms with Crippen LogP contribution in [0.4, 0.5) is 4.79 Å². The average molecular weight is 452 g/mol. The van der Waals surface area contributed by atoms with Gasteiger partial charge in [-0.25, -0.2) is 4.79 Å². The Hall–Kier alpha value is -2.06. The number of amides is 1. The van der Waals surface area contributed by atoms with E-state index in [1.807, 2.05) is 45.0 Å². The Labute approximate surface area is 173 Å². The van der Waals surface area contributed by atoms with Gasteiger partial charge in [-0.05, 0) is 39.0 Å². The number of methoxy groups -OCH3 is 1. The van der Waals surface area contributed by atoms with Gasteiger partial charge in [-0.1, -0.05) is 21.1 Å². The van der Waals surface area contributed by atoms with Gasteiger partial charge in [0.1, 0.15) is 17.0 Å². The van der Waals surface area contributed by atoms with E-state index in [9.17, 15) is 4.79 Å². The Morgan fingerprint density at radius 3 is 2.57 bits per heavy atom. The molecule has 1 fully saturated rings. The Bertz CT molecular complexity index is 823. The van der Waals surface area contributed by atoms with Gasteiger partial charge in [0.2, 0.25) is 0 Å². The summed E-state index contributed by atoms with van der Waals surface area (Å²) in [5.74, 6) is 1.52. The van der Waals surface area contributed by atoms with Crippen molar-refractivity contribution in [2.24, 2.45) is 0 Å². The van der Waals surface area contributed by atoms with Crippen LogP contribution in [-0.2, 0) is 11.3 Å². The number of halogens is 1. The molecule has 0 unspecified atom stereocenters. The lowest BCUT2D eigenvalue weighted by Crippen LogP contribution is -2.49. The molecule has 0 radical (unpaired) electrons. The zero-order valence-corrected chi connectivity index (χ0v) is 18.3. The molecule has 1 aliphatic rings. The van der Waals surface area contributed by atoms with Gasteiger partial charge in [-0.3, -0.25) is 4.90 Å². The second-order valence-electron chi connectivity index (χ2n) is 7.77. The van der Waals surface area contributed by atoms with Crippen molar-refractivity contribution in [3.63, 3.8) is 0 Å². The summed E-state index contributed by atoms with van der Waals surface area (Å²) in [4.78, 5) is 16.2. The molecule has 1 aromatic heterocycles. The Balaban J connectivity index is 1.58. The van der Waals surface area contributed by atoms with Crippen molar-refractivity contribution in [2.45, 2.75) is 32.9 Å². The van der Waals surface area contributed by atoms with Crippen molar-refractivity contribution < 1.29 is 18.8 Å². The normalized spacial score (nSPS) is 15.5. The predicted octanol–water partition coefficient (Wildman–Crippen LogP) is 4.17. The fourth-order valence-electron chi connectivity index (χ4n) is 3.03. The molecule has 28 heavy (non-hydrogen) atoms. The molecular weight excluding hydrogens is 426 g/mol. The summed E-state index contributed by atoms with van der Waals surface area (Å²) in [6.07, 6.45) is -0.254. The minimum Gasteiger partial charge on any atom is -0.496 e. The van der Waals surface area contributed by atoms with Crippen molar-refractivity contribution >= 4 is 22.0 Å². The largest absolute Gasteiger partial charge is 0.496 e. The van der Waals surface area contributed by atoms with Crippen LogP contribution < -0.4 is 4.74 Å². The maximum Gasteiger partial charge on any atom is 0.410 e. The average Bonchev–Trinajstić information content (AvgIpc) is 3.09. The lowest BCUT2D eigenvalue weighted by atomic mass is 10.1. The van der Waals surface area contributed by atoms with Crippen LogP contribution in [0.15, 0.2) is 33.3 Å².